The number of hydrogen-bond donors (Lipinski definition) is 0. The van der Waals surface area contributed by atoms with Crippen LogP contribution >= 0.6 is 0 Å². The maximum Gasteiger partial charge on any atom is 0.213 e. The Kier molecular flexibility index (Phi) is 9.56. The van der Waals surface area contributed by atoms with Crippen molar-refractivity contribution < 1.29 is 19.0 Å². The van der Waals surface area contributed by atoms with E-state index in [0.717, 1.165) is 80.2 Å². The van der Waals surface area contributed by atoms with Gasteiger partial charge in [-0.15, -0.1) is 4.91 Å². The molecule has 1 atom stereocenters. The maximum absolute atomic E-state index is 12.4. The smallest absolute Gasteiger partial charge is 0.213 e. The SMILES string of the molecule is C=C(N=O)c1ccc2nc(CN3CCC(c4cccc(OCc5ccc(C(=O)C(C)C)cc5OC)n4)CC3)n(CC3CCO3)c2c1. The van der Waals surface area contributed by atoms with E-state index in [1.807, 2.05) is 56.3 Å². The van der Waals surface area contributed by atoms with Crippen molar-refractivity contribution in [2.45, 2.75) is 64.8 Å². The molecule has 2 fully saturated rings. The van der Waals surface area contributed by atoms with E-state index in [4.69, 9.17) is 24.2 Å². The number of ketones is 1. The second-order valence-corrected chi connectivity index (χ2v) is 12.4. The average Bonchev–Trinajstić information content (AvgIpc) is 3.40. The Morgan fingerprint density at radius 3 is 2.54 bits per heavy atom. The van der Waals surface area contributed by atoms with Crippen molar-refractivity contribution in [3.63, 3.8) is 0 Å². The van der Waals surface area contributed by atoms with E-state index in [1.54, 1.807) is 13.2 Å². The summed E-state index contributed by atoms with van der Waals surface area (Å²) < 4.78 is 19.7. The minimum absolute atomic E-state index is 0.0800. The number of methoxy groups -OCH3 is 1. The highest BCUT2D eigenvalue weighted by molar-refractivity contribution is 5.97. The number of benzene rings is 2. The number of hydrogen-bond acceptors (Lipinski definition) is 9. The zero-order valence-corrected chi connectivity index (χ0v) is 26.8. The molecule has 2 aliphatic heterocycles. The summed E-state index contributed by atoms with van der Waals surface area (Å²) in [6.07, 6.45) is 3.17. The number of Topliss-reactive ketones (excluding diaryl/α,β-unsaturated/α-hetero) is 1. The van der Waals surface area contributed by atoms with Gasteiger partial charge in [-0.1, -0.05) is 44.7 Å². The number of piperidine rings is 1. The van der Waals surface area contributed by atoms with Gasteiger partial charge in [0.1, 0.15) is 23.9 Å². The van der Waals surface area contributed by atoms with Gasteiger partial charge in [-0.2, -0.15) is 0 Å². The number of carbonyl (C=O) groups excluding carboxylic acids is 1. The summed E-state index contributed by atoms with van der Waals surface area (Å²) in [6.45, 7) is 12.0. The summed E-state index contributed by atoms with van der Waals surface area (Å²) in [7, 11) is 1.60. The van der Waals surface area contributed by atoms with Crippen LogP contribution in [0, 0.1) is 10.8 Å². The molecule has 0 N–H and O–H groups in total. The first-order valence-electron chi connectivity index (χ1n) is 16.0. The molecule has 0 amide bonds. The molecule has 0 radical (unpaired) electrons. The van der Waals surface area contributed by atoms with E-state index in [0.29, 0.717) is 35.3 Å². The fourth-order valence-corrected chi connectivity index (χ4v) is 6.19. The molecule has 10 heteroatoms. The number of nitroso groups, excluding NO2 is 1. The first-order valence-corrected chi connectivity index (χ1v) is 16.0. The molecule has 46 heavy (non-hydrogen) atoms. The second kappa shape index (κ2) is 13.9. The molecule has 2 aromatic heterocycles. The van der Waals surface area contributed by atoms with Crippen LogP contribution < -0.4 is 9.47 Å². The summed E-state index contributed by atoms with van der Waals surface area (Å²) in [6, 6.07) is 17.2. The molecule has 10 nitrogen and oxygen atoms in total. The number of aromatic nitrogens is 3. The van der Waals surface area contributed by atoms with E-state index < -0.39 is 0 Å². The topological polar surface area (TPSA) is 108 Å². The van der Waals surface area contributed by atoms with E-state index in [1.165, 1.54) is 0 Å². The lowest BCUT2D eigenvalue weighted by atomic mass is 9.93. The Bertz CT molecular complexity index is 1740. The minimum atomic E-state index is -0.0800. The lowest BCUT2D eigenvalue weighted by Gasteiger charge is -2.32. The predicted molar refractivity (Wildman–Crippen MR) is 177 cm³/mol. The summed E-state index contributed by atoms with van der Waals surface area (Å²) >= 11 is 0. The van der Waals surface area contributed by atoms with Crippen molar-refractivity contribution >= 4 is 22.5 Å². The molecule has 1 unspecified atom stereocenters. The number of likely N-dealkylation sites (tertiary alicyclic amines) is 1. The van der Waals surface area contributed by atoms with Crippen molar-refractivity contribution in [2.75, 3.05) is 26.8 Å². The fraction of sp³-hybridized carbons (Fsp3) is 0.417. The molecule has 2 aromatic carbocycles. The van der Waals surface area contributed by atoms with E-state index in [9.17, 15) is 9.70 Å². The Morgan fingerprint density at radius 2 is 1.85 bits per heavy atom. The summed E-state index contributed by atoms with van der Waals surface area (Å²) in [5, 5.41) is 3.03. The van der Waals surface area contributed by atoms with Crippen LogP contribution in [-0.4, -0.2) is 58.1 Å². The predicted octanol–water partition coefficient (Wildman–Crippen LogP) is 6.76. The van der Waals surface area contributed by atoms with Crippen molar-refractivity contribution in [3.8, 4) is 11.6 Å². The lowest BCUT2D eigenvalue weighted by molar-refractivity contribution is -0.0592. The van der Waals surface area contributed by atoms with E-state index in [2.05, 4.69) is 27.3 Å². The summed E-state index contributed by atoms with van der Waals surface area (Å²) in [4.78, 5) is 35.8. The van der Waals surface area contributed by atoms with Crippen LogP contribution in [0.5, 0.6) is 11.6 Å². The molecule has 4 heterocycles. The molecule has 0 bridgehead atoms. The fourth-order valence-electron chi connectivity index (χ4n) is 6.19. The van der Waals surface area contributed by atoms with Gasteiger partial charge in [0, 0.05) is 46.9 Å². The van der Waals surface area contributed by atoms with Crippen LogP contribution in [0.2, 0.25) is 0 Å². The minimum Gasteiger partial charge on any atom is -0.496 e. The monoisotopic (exact) mass is 623 g/mol. The highest BCUT2D eigenvalue weighted by Crippen LogP contribution is 2.31. The van der Waals surface area contributed by atoms with Gasteiger partial charge in [0.15, 0.2) is 5.78 Å². The number of ether oxygens (including phenoxy) is 3. The number of nitrogens with zero attached hydrogens (tertiary/aromatic N) is 5. The van der Waals surface area contributed by atoms with Gasteiger partial charge in [-0.05, 0) is 61.8 Å². The zero-order valence-electron chi connectivity index (χ0n) is 26.8. The van der Waals surface area contributed by atoms with E-state index in [-0.39, 0.29) is 23.5 Å². The zero-order chi connectivity index (χ0) is 32.2. The average molecular weight is 624 g/mol. The van der Waals surface area contributed by atoms with Crippen LogP contribution in [0.25, 0.3) is 16.7 Å². The van der Waals surface area contributed by atoms with Gasteiger partial charge in [-0.3, -0.25) is 9.69 Å². The van der Waals surface area contributed by atoms with Crippen LogP contribution in [0.4, 0.5) is 0 Å². The van der Waals surface area contributed by atoms with Gasteiger partial charge in [0.05, 0.1) is 37.3 Å². The molecule has 240 valence electrons. The van der Waals surface area contributed by atoms with Crippen molar-refractivity contribution in [2.24, 2.45) is 11.1 Å². The Hall–Kier alpha value is -4.41. The Morgan fingerprint density at radius 1 is 1.07 bits per heavy atom. The molecule has 2 saturated heterocycles. The Labute approximate surface area is 269 Å². The molecule has 0 saturated carbocycles. The second-order valence-electron chi connectivity index (χ2n) is 12.4. The number of imidazole rings is 1. The number of pyridine rings is 1. The van der Waals surface area contributed by atoms with Gasteiger partial charge >= 0.3 is 0 Å². The maximum atomic E-state index is 12.4. The third kappa shape index (κ3) is 6.88. The quantitative estimate of drug-likeness (QED) is 0.119. The standard InChI is InChI=1S/C36H41N5O5/c1-23(2)36(42)27-8-9-28(33(19-27)44-4)22-46-35-7-5-6-30(38-35)25-12-15-40(16-13-25)21-34-37-31-11-10-26(24(3)39-43)18-32(31)41(34)20-29-14-17-45-29/h5-11,18-19,23,25,29H,3,12-17,20-22H2,1-2,4H3. The summed E-state index contributed by atoms with van der Waals surface area (Å²) in [5.74, 6) is 2.54. The number of fused-ring (bicyclic) bond motifs is 1. The Balaban J connectivity index is 1.09. The summed E-state index contributed by atoms with van der Waals surface area (Å²) in [5.41, 5.74) is 5.33. The first-order chi connectivity index (χ1) is 22.3. The van der Waals surface area contributed by atoms with E-state index >= 15 is 0 Å². The third-order valence-electron chi connectivity index (χ3n) is 9.04. The van der Waals surface area contributed by atoms with Crippen LogP contribution in [0.3, 0.4) is 0 Å². The van der Waals surface area contributed by atoms with Gasteiger partial charge in [0.2, 0.25) is 5.88 Å². The van der Waals surface area contributed by atoms with Gasteiger partial charge in [0.25, 0.3) is 0 Å². The van der Waals surface area contributed by atoms with Crippen LogP contribution in [0.15, 0.2) is 66.4 Å². The normalized spacial score (nSPS) is 17.2. The number of carbonyl (C=O) groups is 1. The molecule has 6 rings (SSSR count). The first kappa shape index (κ1) is 31.6. The van der Waals surface area contributed by atoms with Gasteiger partial charge in [-0.25, -0.2) is 9.97 Å². The lowest BCUT2D eigenvalue weighted by Crippen LogP contribution is -2.35. The van der Waals surface area contributed by atoms with Crippen LogP contribution in [0.1, 0.15) is 72.0 Å². The third-order valence-corrected chi connectivity index (χ3v) is 9.04. The number of rotatable bonds is 13. The van der Waals surface area contributed by atoms with Crippen molar-refractivity contribution in [3.05, 3.63) is 94.3 Å². The van der Waals surface area contributed by atoms with Gasteiger partial charge < -0.3 is 18.8 Å². The van der Waals surface area contributed by atoms with Crippen molar-refractivity contribution in [1.29, 1.82) is 0 Å². The highest BCUT2D eigenvalue weighted by atomic mass is 16.5. The largest absolute Gasteiger partial charge is 0.496 e. The molecule has 0 aliphatic carbocycles. The molecule has 0 spiro atoms. The highest BCUT2D eigenvalue weighted by Gasteiger charge is 2.26. The molecule has 2 aliphatic rings. The molecular weight excluding hydrogens is 582 g/mol. The van der Waals surface area contributed by atoms with Crippen molar-refractivity contribution in [1.82, 2.24) is 19.4 Å². The molecular formula is C36H41N5O5. The van der Waals surface area contributed by atoms with Crippen LogP contribution in [-0.2, 0) is 24.4 Å². The molecule has 4 aromatic rings.